The van der Waals surface area contributed by atoms with Crippen molar-refractivity contribution in [3.05, 3.63) is 6.33 Å². The van der Waals surface area contributed by atoms with Crippen molar-refractivity contribution in [2.45, 2.75) is 108 Å². The largest absolute Gasteiger partial charge is 0.396 e. The fourth-order valence-electron chi connectivity index (χ4n) is 6.16. The zero-order valence-electron chi connectivity index (χ0n) is 21.2. The molecule has 0 spiro atoms. The van der Waals surface area contributed by atoms with E-state index in [9.17, 15) is 0 Å². The van der Waals surface area contributed by atoms with Crippen LogP contribution in [0.5, 0.6) is 0 Å². The average molecular weight is 485 g/mol. The Kier molecular flexibility index (Phi) is 8.36. The highest BCUT2D eigenvalue weighted by molar-refractivity contribution is 5.84. The number of anilines is 2. The first-order valence-corrected chi connectivity index (χ1v) is 14.1. The Bertz CT molecular complexity index is 927. The number of hydrogen-bond donors (Lipinski definition) is 4. The summed E-state index contributed by atoms with van der Waals surface area (Å²) in [6, 6.07) is 1.20. The fourth-order valence-corrected chi connectivity index (χ4v) is 6.16. The molecule has 2 aromatic heterocycles. The molecule has 9 nitrogen and oxygen atoms in total. The van der Waals surface area contributed by atoms with Crippen LogP contribution in [0.3, 0.4) is 0 Å². The molecule has 5 N–H and O–H groups in total. The first-order valence-electron chi connectivity index (χ1n) is 14.1. The van der Waals surface area contributed by atoms with E-state index in [1.165, 1.54) is 51.4 Å². The number of nitrogens with zero attached hydrogens (tertiary/aromatic N) is 5. The van der Waals surface area contributed by atoms with Gasteiger partial charge in [-0.15, -0.1) is 0 Å². The van der Waals surface area contributed by atoms with Crippen molar-refractivity contribution in [1.29, 1.82) is 0 Å². The molecule has 2 aromatic rings. The Morgan fingerprint density at radius 3 is 2.46 bits per heavy atom. The predicted octanol–water partition coefficient (Wildman–Crippen LogP) is 4.21. The molecule has 0 amide bonds. The molecule has 1 saturated heterocycles. The molecule has 2 saturated carbocycles. The van der Waals surface area contributed by atoms with Gasteiger partial charge < -0.3 is 26.1 Å². The molecule has 3 fully saturated rings. The minimum Gasteiger partial charge on any atom is -0.396 e. The molecule has 0 radical (unpaired) electrons. The van der Waals surface area contributed by atoms with Crippen LogP contribution in [0.4, 0.5) is 11.8 Å². The molecule has 1 aliphatic heterocycles. The van der Waals surface area contributed by atoms with Gasteiger partial charge in [0.25, 0.3) is 0 Å². The van der Waals surface area contributed by atoms with Crippen LogP contribution in [0.2, 0.25) is 0 Å². The first kappa shape index (κ1) is 24.7. The highest BCUT2D eigenvalue weighted by Gasteiger charge is 2.25. The van der Waals surface area contributed by atoms with Gasteiger partial charge in [-0.25, -0.2) is 9.99 Å². The Morgan fingerprint density at radius 2 is 1.71 bits per heavy atom. The molecule has 0 unspecified atom stereocenters. The molecule has 0 aromatic carbocycles. The van der Waals surface area contributed by atoms with Crippen LogP contribution >= 0.6 is 0 Å². The summed E-state index contributed by atoms with van der Waals surface area (Å²) >= 11 is 0. The predicted molar refractivity (Wildman–Crippen MR) is 140 cm³/mol. The normalized spacial score (nSPS) is 24.9. The van der Waals surface area contributed by atoms with Crippen molar-refractivity contribution < 1.29 is 5.11 Å². The van der Waals surface area contributed by atoms with Crippen LogP contribution in [0.25, 0.3) is 11.2 Å². The second-order valence-corrected chi connectivity index (χ2v) is 11.0. The van der Waals surface area contributed by atoms with Gasteiger partial charge in [-0.3, -0.25) is 0 Å². The van der Waals surface area contributed by atoms with Gasteiger partial charge in [-0.1, -0.05) is 32.1 Å². The van der Waals surface area contributed by atoms with Gasteiger partial charge in [-0.2, -0.15) is 9.97 Å². The number of imidazole rings is 1. The van der Waals surface area contributed by atoms with Crippen molar-refractivity contribution in [1.82, 2.24) is 24.5 Å². The smallest absolute Gasteiger partial charge is 0.227 e. The highest BCUT2D eigenvalue weighted by atomic mass is 16.2. The molecule has 194 valence electrons. The standard InChI is InChI=1S/C26H44N8O/c27-20-9-11-21(12-10-20)29-26-30-24(23-25(31-26)34(18-28-23)22-7-3-4-8-22)32-33-15-13-19(14-16-33)6-2-1-5-17-35/h18-22,35H,1-17,27H2,(H2,29,30,31,32). The lowest BCUT2D eigenvalue weighted by Crippen LogP contribution is -2.38. The van der Waals surface area contributed by atoms with Gasteiger partial charge in [0.1, 0.15) is 0 Å². The molecular weight excluding hydrogens is 440 g/mol. The third-order valence-electron chi connectivity index (χ3n) is 8.39. The van der Waals surface area contributed by atoms with Gasteiger partial charge in [0.2, 0.25) is 5.95 Å². The fraction of sp³-hybridized carbons (Fsp3) is 0.808. The Morgan fingerprint density at radius 1 is 0.943 bits per heavy atom. The minimum atomic E-state index is 0.317. The highest BCUT2D eigenvalue weighted by Crippen LogP contribution is 2.34. The zero-order chi connectivity index (χ0) is 24.0. The molecule has 3 heterocycles. The Labute approximate surface area is 209 Å². The maximum absolute atomic E-state index is 9.00. The number of aliphatic hydroxyl groups is 1. The lowest BCUT2D eigenvalue weighted by atomic mass is 9.92. The van der Waals surface area contributed by atoms with E-state index in [4.69, 9.17) is 25.8 Å². The summed E-state index contributed by atoms with van der Waals surface area (Å²) in [6.07, 6.45) is 18.2. The van der Waals surface area contributed by atoms with Crippen molar-refractivity contribution in [3.63, 3.8) is 0 Å². The lowest BCUT2D eigenvalue weighted by Gasteiger charge is -2.32. The number of unbranched alkanes of at least 4 members (excludes halogenated alkanes) is 2. The molecule has 2 aliphatic carbocycles. The number of aliphatic hydroxyl groups excluding tert-OH is 1. The zero-order valence-corrected chi connectivity index (χ0v) is 21.2. The second kappa shape index (κ2) is 11.8. The molecule has 5 rings (SSSR count). The third kappa shape index (κ3) is 6.24. The monoisotopic (exact) mass is 484 g/mol. The minimum absolute atomic E-state index is 0.317. The van der Waals surface area contributed by atoms with Crippen LogP contribution in [-0.2, 0) is 0 Å². The number of rotatable bonds is 10. The van der Waals surface area contributed by atoms with E-state index in [1.54, 1.807) is 0 Å². The molecule has 9 heteroatoms. The van der Waals surface area contributed by atoms with E-state index in [1.807, 2.05) is 6.33 Å². The van der Waals surface area contributed by atoms with Crippen LogP contribution < -0.4 is 16.5 Å². The maximum Gasteiger partial charge on any atom is 0.227 e. The van der Waals surface area contributed by atoms with Crippen LogP contribution in [0, 0.1) is 5.92 Å². The van der Waals surface area contributed by atoms with E-state index in [0.29, 0.717) is 30.7 Å². The van der Waals surface area contributed by atoms with E-state index in [2.05, 4.69) is 20.3 Å². The first-order chi connectivity index (χ1) is 17.2. The third-order valence-corrected chi connectivity index (χ3v) is 8.39. The number of aromatic nitrogens is 4. The number of piperidine rings is 1. The summed E-state index contributed by atoms with van der Waals surface area (Å²) in [5.74, 6) is 2.32. The number of nitrogens with two attached hydrogens (primary N) is 1. The molecule has 35 heavy (non-hydrogen) atoms. The molecular formula is C26H44N8O. The number of nitrogens with one attached hydrogen (secondary N) is 2. The van der Waals surface area contributed by atoms with E-state index < -0.39 is 0 Å². The summed E-state index contributed by atoms with van der Waals surface area (Å²) in [7, 11) is 0. The summed E-state index contributed by atoms with van der Waals surface area (Å²) in [5, 5.41) is 14.9. The molecule has 3 aliphatic rings. The van der Waals surface area contributed by atoms with E-state index in [0.717, 1.165) is 74.5 Å². The van der Waals surface area contributed by atoms with Crippen molar-refractivity contribution in [3.8, 4) is 0 Å². The lowest BCUT2D eigenvalue weighted by molar-refractivity contribution is 0.205. The maximum atomic E-state index is 9.00. The second-order valence-electron chi connectivity index (χ2n) is 11.0. The van der Waals surface area contributed by atoms with E-state index >= 15 is 0 Å². The van der Waals surface area contributed by atoms with Gasteiger partial charge in [0.05, 0.1) is 6.33 Å². The van der Waals surface area contributed by atoms with Crippen molar-refractivity contribution >= 4 is 22.9 Å². The Hall–Kier alpha value is -1.97. The molecule has 0 bridgehead atoms. The summed E-state index contributed by atoms with van der Waals surface area (Å²) in [6.45, 7) is 2.35. The van der Waals surface area contributed by atoms with Crippen LogP contribution in [-0.4, -0.2) is 61.4 Å². The van der Waals surface area contributed by atoms with Crippen molar-refractivity contribution in [2.75, 3.05) is 30.4 Å². The number of fused-ring (bicyclic) bond motifs is 1. The number of hydrazine groups is 1. The summed E-state index contributed by atoms with van der Waals surface area (Å²) in [5.41, 5.74) is 11.6. The quantitative estimate of drug-likeness (QED) is 0.371. The van der Waals surface area contributed by atoms with Crippen LogP contribution in [0.1, 0.15) is 95.9 Å². The SMILES string of the molecule is NC1CCC(Nc2nc(NN3CCC(CCCCCO)CC3)c3ncn(C4CCCC4)c3n2)CC1. The van der Waals surface area contributed by atoms with Gasteiger partial charge >= 0.3 is 0 Å². The van der Waals surface area contributed by atoms with Gasteiger partial charge in [-0.05, 0) is 63.7 Å². The van der Waals surface area contributed by atoms with Crippen molar-refractivity contribution in [2.24, 2.45) is 11.7 Å². The van der Waals surface area contributed by atoms with Gasteiger partial charge in [0.15, 0.2) is 17.0 Å². The van der Waals surface area contributed by atoms with Crippen LogP contribution in [0.15, 0.2) is 6.33 Å². The summed E-state index contributed by atoms with van der Waals surface area (Å²) in [4.78, 5) is 14.7. The number of hydrogen-bond acceptors (Lipinski definition) is 8. The molecule has 0 atom stereocenters. The van der Waals surface area contributed by atoms with Gasteiger partial charge in [0, 0.05) is 37.8 Å². The summed E-state index contributed by atoms with van der Waals surface area (Å²) < 4.78 is 2.29. The topological polar surface area (TPSA) is 117 Å². The average Bonchev–Trinajstić information content (AvgIpc) is 3.54. The Balaban J connectivity index is 1.29. The van der Waals surface area contributed by atoms with E-state index in [-0.39, 0.29) is 0 Å².